The summed E-state index contributed by atoms with van der Waals surface area (Å²) in [5, 5.41) is 9.34. The van der Waals surface area contributed by atoms with Crippen molar-refractivity contribution in [3.8, 4) is 0 Å². The first-order chi connectivity index (χ1) is 14.1. The molecule has 2 aliphatic rings. The molecule has 0 bridgehead atoms. The molecule has 1 unspecified atom stereocenters. The molecule has 1 N–H and O–H groups in total. The van der Waals surface area contributed by atoms with E-state index in [1.165, 1.54) is 18.2 Å². The number of aromatic nitrogens is 2. The average molecular weight is 395 g/mol. The smallest absolute Gasteiger partial charge is 0.342 e. The molecule has 0 radical (unpaired) electrons. The Kier molecular flexibility index (Phi) is 5.11. The minimum Gasteiger partial charge on any atom is -0.481 e. The summed E-state index contributed by atoms with van der Waals surface area (Å²) in [5.41, 5.74) is 1.51. The molecule has 0 saturated carbocycles. The Hall–Kier alpha value is -3.49. The highest BCUT2D eigenvalue weighted by Gasteiger charge is 2.32. The molecule has 2 aliphatic heterocycles. The van der Waals surface area contributed by atoms with Crippen molar-refractivity contribution in [3.63, 3.8) is 0 Å². The first kappa shape index (κ1) is 18.9. The highest BCUT2D eigenvalue weighted by Crippen LogP contribution is 2.25. The number of hydrogen-bond donors (Lipinski definition) is 1. The maximum atomic E-state index is 13.0. The van der Waals surface area contributed by atoms with Gasteiger partial charge in [0.1, 0.15) is 18.1 Å². The molecule has 1 amide bonds. The lowest BCUT2D eigenvalue weighted by molar-refractivity contribution is -0.133. The van der Waals surface area contributed by atoms with Gasteiger partial charge < -0.3 is 14.7 Å². The Labute approximate surface area is 167 Å². The Morgan fingerprint density at radius 3 is 2.79 bits per heavy atom. The number of para-hydroxylation sites is 2. The van der Waals surface area contributed by atoms with Crippen LogP contribution in [0.2, 0.25) is 0 Å². The van der Waals surface area contributed by atoms with Gasteiger partial charge in [0.2, 0.25) is 11.8 Å². The Bertz CT molecular complexity index is 1020. The number of anilines is 1. The van der Waals surface area contributed by atoms with Gasteiger partial charge in [-0.1, -0.05) is 12.1 Å². The fourth-order valence-electron chi connectivity index (χ4n) is 3.65. The molecular weight excluding hydrogens is 374 g/mol. The lowest BCUT2D eigenvalue weighted by Gasteiger charge is -2.35. The number of nitrogens with zero attached hydrogens (tertiary/aromatic N) is 5. The van der Waals surface area contributed by atoms with E-state index in [4.69, 9.17) is 4.74 Å². The predicted molar refractivity (Wildman–Crippen MR) is 106 cm³/mol. The van der Waals surface area contributed by atoms with Crippen LogP contribution in [0.4, 0.5) is 5.82 Å². The zero-order valence-electron chi connectivity index (χ0n) is 16.0. The third kappa shape index (κ3) is 3.75. The van der Waals surface area contributed by atoms with Crippen molar-refractivity contribution in [2.24, 2.45) is 10.9 Å². The number of fused-ring (bicyclic) bond motifs is 1. The summed E-state index contributed by atoms with van der Waals surface area (Å²) in [6.45, 7) is 1.34. The maximum absolute atomic E-state index is 13.0. The lowest BCUT2D eigenvalue weighted by atomic mass is 9.96. The second-order valence-corrected chi connectivity index (χ2v) is 6.97. The number of rotatable bonds is 3. The van der Waals surface area contributed by atoms with Gasteiger partial charge in [-0.05, 0) is 25.0 Å². The van der Waals surface area contributed by atoms with Crippen molar-refractivity contribution in [1.82, 2.24) is 14.9 Å². The largest absolute Gasteiger partial charge is 0.481 e. The molecule has 9 nitrogen and oxygen atoms in total. The number of ether oxygens (including phenoxy) is 1. The van der Waals surface area contributed by atoms with Gasteiger partial charge in [-0.2, -0.15) is 0 Å². The minimum atomic E-state index is -1.18. The molecule has 9 heteroatoms. The third-order valence-corrected chi connectivity index (χ3v) is 5.12. The molecule has 1 fully saturated rings. The lowest BCUT2D eigenvalue weighted by Crippen LogP contribution is -2.45. The SMILES string of the molecule is COC1=NCN(C(=O)C2CCCN(c3cnc4ccccc4n3)C2)C=C1C(=O)O. The van der Waals surface area contributed by atoms with Gasteiger partial charge in [-0.3, -0.25) is 14.7 Å². The molecule has 29 heavy (non-hydrogen) atoms. The number of methoxy groups -OCH3 is 1. The van der Waals surface area contributed by atoms with Crippen molar-refractivity contribution in [1.29, 1.82) is 0 Å². The molecule has 0 spiro atoms. The number of amides is 1. The molecular formula is C20H21N5O4. The van der Waals surface area contributed by atoms with E-state index >= 15 is 0 Å². The molecule has 1 aromatic heterocycles. The standard InChI is InChI=1S/C20H21N5O4/c1-29-18-14(20(27)28)11-25(12-22-18)19(26)13-5-4-8-24(10-13)17-9-21-15-6-2-3-7-16(15)23-17/h2-3,6-7,9,11,13H,4-5,8,10,12H2,1H3,(H,27,28). The first-order valence-corrected chi connectivity index (χ1v) is 9.38. The molecule has 1 atom stereocenters. The highest BCUT2D eigenvalue weighted by atomic mass is 16.5. The topological polar surface area (TPSA) is 108 Å². The summed E-state index contributed by atoms with van der Waals surface area (Å²) in [4.78, 5) is 41.1. The fourth-order valence-corrected chi connectivity index (χ4v) is 3.65. The fraction of sp³-hybridized carbons (Fsp3) is 0.350. The van der Waals surface area contributed by atoms with Gasteiger partial charge in [0.15, 0.2) is 0 Å². The van der Waals surface area contributed by atoms with Gasteiger partial charge in [-0.15, -0.1) is 0 Å². The normalized spacial score (nSPS) is 19.6. The Morgan fingerprint density at radius 2 is 2.03 bits per heavy atom. The molecule has 150 valence electrons. The molecule has 0 aliphatic carbocycles. The summed E-state index contributed by atoms with van der Waals surface area (Å²) < 4.78 is 4.99. The maximum Gasteiger partial charge on any atom is 0.342 e. The second-order valence-electron chi connectivity index (χ2n) is 6.97. The van der Waals surface area contributed by atoms with E-state index in [2.05, 4.69) is 19.9 Å². The molecule has 3 heterocycles. The van der Waals surface area contributed by atoms with Gasteiger partial charge in [0, 0.05) is 19.3 Å². The number of carboxylic acid groups (broad SMARTS) is 1. The van der Waals surface area contributed by atoms with E-state index < -0.39 is 5.97 Å². The van der Waals surface area contributed by atoms with Crippen LogP contribution in [0.25, 0.3) is 11.0 Å². The number of piperidine rings is 1. The van der Waals surface area contributed by atoms with E-state index in [9.17, 15) is 14.7 Å². The zero-order chi connectivity index (χ0) is 20.4. The predicted octanol–water partition coefficient (Wildman–Crippen LogP) is 1.66. The van der Waals surface area contributed by atoms with Crippen LogP contribution in [0.15, 0.2) is 47.2 Å². The molecule has 1 saturated heterocycles. The quantitative estimate of drug-likeness (QED) is 0.842. The molecule has 1 aromatic carbocycles. The van der Waals surface area contributed by atoms with Crippen molar-refractivity contribution in [3.05, 3.63) is 42.2 Å². The number of carbonyl (C=O) groups excluding carboxylic acids is 1. The van der Waals surface area contributed by atoms with Crippen LogP contribution in [-0.2, 0) is 14.3 Å². The number of aliphatic imine (C=N–C) groups is 1. The van der Waals surface area contributed by atoms with Crippen molar-refractivity contribution >= 4 is 34.6 Å². The average Bonchev–Trinajstić information content (AvgIpc) is 2.77. The summed E-state index contributed by atoms with van der Waals surface area (Å²) in [5.74, 6) is -0.844. The van der Waals surface area contributed by atoms with Crippen LogP contribution in [0.3, 0.4) is 0 Å². The number of aliphatic carboxylic acids is 1. The molecule has 2 aromatic rings. The van der Waals surface area contributed by atoms with E-state index in [0.29, 0.717) is 6.54 Å². The van der Waals surface area contributed by atoms with E-state index in [1.807, 2.05) is 24.3 Å². The number of carboxylic acids is 1. The number of carbonyl (C=O) groups is 2. The van der Waals surface area contributed by atoms with Gasteiger partial charge in [0.25, 0.3) is 0 Å². The number of benzene rings is 1. The van der Waals surface area contributed by atoms with E-state index in [1.54, 1.807) is 6.20 Å². The van der Waals surface area contributed by atoms with Crippen LogP contribution < -0.4 is 4.90 Å². The van der Waals surface area contributed by atoms with E-state index in [-0.39, 0.29) is 30.0 Å². The van der Waals surface area contributed by atoms with Gasteiger partial charge >= 0.3 is 5.97 Å². The second kappa shape index (κ2) is 7.86. The van der Waals surface area contributed by atoms with Gasteiger partial charge in [0.05, 0.1) is 30.3 Å². The summed E-state index contributed by atoms with van der Waals surface area (Å²) in [7, 11) is 1.36. The van der Waals surface area contributed by atoms with Crippen LogP contribution in [0.5, 0.6) is 0 Å². The monoisotopic (exact) mass is 395 g/mol. The summed E-state index contributed by atoms with van der Waals surface area (Å²) in [6, 6.07) is 7.66. The van der Waals surface area contributed by atoms with Crippen molar-refractivity contribution in [2.75, 3.05) is 31.8 Å². The minimum absolute atomic E-state index is 0.0262. The first-order valence-electron chi connectivity index (χ1n) is 9.38. The van der Waals surface area contributed by atoms with E-state index in [0.717, 1.165) is 36.2 Å². The van der Waals surface area contributed by atoms with Crippen LogP contribution in [0, 0.1) is 5.92 Å². The van der Waals surface area contributed by atoms with Gasteiger partial charge in [-0.25, -0.2) is 14.8 Å². The summed E-state index contributed by atoms with van der Waals surface area (Å²) in [6.07, 6.45) is 4.60. The van der Waals surface area contributed by atoms with Crippen LogP contribution >= 0.6 is 0 Å². The van der Waals surface area contributed by atoms with Crippen molar-refractivity contribution < 1.29 is 19.4 Å². The Balaban J connectivity index is 1.51. The highest BCUT2D eigenvalue weighted by molar-refractivity contribution is 6.16. The van der Waals surface area contributed by atoms with Crippen LogP contribution in [-0.4, -0.2) is 64.6 Å². The van der Waals surface area contributed by atoms with Crippen molar-refractivity contribution in [2.45, 2.75) is 12.8 Å². The Morgan fingerprint density at radius 1 is 1.24 bits per heavy atom. The third-order valence-electron chi connectivity index (χ3n) is 5.12. The summed E-state index contributed by atoms with van der Waals surface area (Å²) >= 11 is 0. The molecule has 4 rings (SSSR count). The number of hydrogen-bond acceptors (Lipinski definition) is 7. The van der Waals surface area contributed by atoms with Crippen LogP contribution in [0.1, 0.15) is 12.8 Å². The zero-order valence-corrected chi connectivity index (χ0v) is 16.0.